The average Bonchev–Trinajstić information content (AvgIpc) is 2.59. The minimum absolute atomic E-state index is 0.344. The molecule has 1 aliphatic carbocycles. The number of fused-ring (bicyclic) bond motifs is 2. The molecule has 0 saturated carbocycles. The van der Waals surface area contributed by atoms with Crippen molar-refractivity contribution in [2.75, 3.05) is 0 Å². The van der Waals surface area contributed by atoms with Crippen LogP contribution in [0.25, 0.3) is 5.57 Å². The minimum Gasteiger partial charge on any atom is -0.487 e. The monoisotopic (exact) mass is 348 g/mol. The fourth-order valence-corrected chi connectivity index (χ4v) is 4.51. The quantitative estimate of drug-likeness (QED) is 0.807. The lowest BCUT2D eigenvalue weighted by molar-refractivity contribution is 0.00867. The average molecular weight is 348 g/mol. The fraction of sp³-hybridized carbons (Fsp3) is 0.417. The summed E-state index contributed by atoms with van der Waals surface area (Å²) < 4.78 is 6.42. The van der Waals surface area contributed by atoms with Crippen molar-refractivity contribution >= 4 is 5.57 Å². The zero-order chi connectivity index (χ0) is 18.3. The van der Waals surface area contributed by atoms with E-state index in [1.807, 2.05) is 0 Å². The van der Waals surface area contributed by atoms with Crippen molar-refractivity contribution in [1.82, 2.24) is 0 Å². The molecular weight excluding hydrogens is 320 g/mol. The number of benzene rings is 2. The van der Waals surface area contributed by atoms with E-state index in [2.05, 4.69) is 69.3 Å². The highest BCUT2D eigenvalue weighted by molar-refractivity contribution is 5.76. The van der Waals surface area contributed by atoms with Crippen LogP contribution in [0.15, 0.2) is 54.3 Å². The van der Waals surface area contributed by atoms with E-state index >= 15 is 0 Å². The van der Waals surface area contributed by atoms with Crippen molar-refractivity contribution in [3.05, 3.63) is 76.5 Å². The van der Waals surface area contributed by atoms with Gasteiger partial charge in [0.15, 0.2) is 0 Å². The molecule has 0 bridgehead atoms. The molecule has 2 nitrogen and oxygen atoms in total. The van der Waals surface area contributed by atoms with Gasteiger partial charge in [-0.25, -0.2) is 0 Å². The lowest BCUT2D eigenvalue weighted by Gasteiger charge is -2.42. The summed E-state index contributed by atoms with van der Waals surface area (Å²) in [6, 6.07) is 17.1. The van der Waals surface area contributed by atoms with E-state index in [1.54, 1.807) is 0 Å². The Kier molecular flexibility index (Phi) is 4.40. The first-order chi connectivity index (χ1) is 12.4. The molecular formula is C24H28O2. The van der Waals surface area contributed by atoms with Crippen molar-refractivity contribution in [1.29, 1.82) is 0 Å². The molecule has 26 heavy (non-hydrogen) atoms. The van der Waals surface area contributed by atoms with E-state index < -0.39 is 6.10 Å². The van der Waals surface area contributed by atoms with Gasteiger partial charge in [-0.1, -0.05) is 54.1 Å². The highest BCUT2D eigenvalue weighted by Gasteiger charge is 2.40. The lowest BCUT2D eigenvalue weighted by Crippen LogP contribution is -2.34. The number of aryl methyl sites for hydroxylation is 2. The highest BCUT2D eigenvalue weighted by Crippen LogP contribution is 2.48. The normalized spacial score (nSPS) is 23.8. The summed E-state index contributed by atoms with van der Waals surface area (Å²) in [7, 11) is 0. The van der Waals surface area contributed by atoms with Gasteiger partial charge < -0.3 is 9.84 Å². The van der Waals surface area contributed by atoms with Gasteiger partial charge in [-0.3, -0.25) is 0 Å². The van der Waals surface area contributed by atoms with Crippen molar-refractivity contribution in [3.63, 3.8) is 0 Å². The van der Waals surface area contributed by atoms with Crippen molar-refractivity contribution < 1.29 is 9.84 Å². The maximum absolute atomic E-state index is 10.9. The van der Waals surface area contributed by atoms with Crippen molar-refractivity contribution in [2.45, 2.75) is 58.2 Å². The van der Waals surface area contributed by atoms with Gasteiger partial charge in [0.05, 0.1) is 6.10 Å². The van der Waals surface area contributed by atoms with E-state index in [0.717, 1.165) is 37.0 Å². The van der Waals surface area contributed by atoms with Crippen LogP contribution in [0.3, 0.4) is 0 Å². The third-order valence-corrected chi connectivity index (χ3v) is 5.84. The Labute approximate surface area is 156 Å². The van der Waals surface area contributed by atoms with Crippen LogP contribution < -0.4 is 0 Å². The molecule has 1 aliphatic heterocycles. The Bertz CT molecular complexity index is 833. The van der Waals surface area contributed by atoms with Gasteiger partial charge in [0.1, 0.15) is 11.4 Å². The first-order valence-electron chi connectivity index (χ1n) is 9.69. The molecule has 0 spiro atoms. The van der Waals surface area contributed by atoms with Gasteiger partial charge in [0.25, 0.3) is 0 Å². The van der Waals surface area contributed by atoms with Crippen molar-refractivity contribution in [2.24, 2.45) is 5.92 Å². The Balaban J connectivity index is 1.60. The second-order valence-electron chi connectivity index (χ2n) is 8.34. The first-order valence-corrected chi connectivity index (χ1v) is 9.69. The molecule has 0 amide bonds. The number of aliphatic hydroxyl groups excluding tert-OH is 1. The van der Waals surface area contributed by atoms with Crippen LogP contribution >= 0.6 is 0 Å². The van der Waals surface area contributed by atoms with E-state index in [1.165, 1.54) is 22.3 Å². The topological polar surface area (TPSA) is 29.5 Å². The van der Waals surface area contributed by atoms with Gasteiger partial charge in [0, 0.05) is 17.6 Å². The van der Waals surface area contributed by atoms with E-state index in [4.69, 9.17) is 4.74 Å². The van der Waals surface area contributed by atoms with Gasteiger partial charge in [0.2, 0.25) is 0 Å². The zero-order valence-electron chi connectivity index (χ0n) is 16.0. The molecule has 2 aromatic rings. The second kappa shape index (κ2) is 6.59. The van der Waals surface area contributed by atoms with Crippen LogP contribution in [0.1, 0.15) is 55.4 Å². The number of hydrogen-bond donors (Lipinski definition) is 1. The largest absolute Gasteiger partial charge is 0.487 e. The summed E-state index contributed by atoms with van der Waals surface area (Å²) in [5.41, 5.74) is 5.65. The standard InChI is InChI=1S/C24H28O2/c1-16-9-12-20-19(13-16)23-21(25)14-18(15-22(23)26-24(20,2)3)11-10-17-7-5-4-6-8-17/h4-9,12-13,18,21,25H,10-11,14-15H2,1-3H3. The van der Waals surface area contributed by atoms with Crippen LogP contribution in [-0.2, 0) is 16.8 Å². The van der Waals surface area contributed by atoms with E-state index in [9.17, 15) is 5.11 Å². The molecule has 0 aromatic heterocycles. The van der Waals surface area contributed by atoms with Crippen LogP contribution in [0.5, 0.6) is 0 Å². The Hall–Kier alpha value is -2.06. The first kappa shape index (κ1) is 17.4. The van der Waals surface area contributed by atoms with Crippen molar-refractivity contribution in [3.8, 4) is 0 Å². The molecule has 0 fully saturated rings. The predicted molar refractivity (Wildman–Crippen MR) is 106 cm³/mol. The summed E-state index contributed by atoms with van der Waals surface area (Å²) in [6.45, 7) is 6.37. The van der Waals surface area contributed by atoms with Gasteiger partial charge in [-0.2, -0.15) is 0 Å². The Morgan fingerprint density at radius 2 is 1.88 bits per heavy atom. The predicted octanol–water partition coefficient (Wildman–Crippen LogP) is 5.38. The number of aliphatic hydroxyl groups is 1. The van der Waals surface area contributed by atoms with Gasteiger partial charge >= 0.3 is 0 Å². The fourth-order valence-electron chi connectivity index (χ4n) is 4.51. The number of rotatable bonds is 3. The summed E-state index contributed by atoms with van der Waals surface area (Å²) >= 11 is 0. The van der Waals surface area contributed by atoms with Gasteiger partial charge in [-0.05, 0) is 57.1 Å². The molecule has 2 aliphatic rings. The van der Waals surface area contributed by atoms with Crippen LogP contribution in [0.2, 0.25) is 0 Å². The number of ether oxygens (including phenoxy) is 1. The zero-order valence-corrected chi connectivity index (χ0v) is 16.0. The molecule has 2 aromatic carbocycles. The molecule has 2 atom stereocenters. The Morgan fingerprint density at radius 3 is 2.65 bits per heavy atom. The molecule has 2 unspecified atom stereocenters. The maximum Gasteiger partial charge on any atom is 0.128 e. The molecule has 0 saturated heterocycles. The van der Waals surface area contributed by atoms with E-state index in [0.29, 0.717) is 5.92 Å². The van der Waals surface area contributed by atoms with Crippen LogP contribution in [0.4, 0.5) is 0 Å². The summed E-state index contributed by atoms with van der Waals surface area (Å²) in [5.74, 6) is 1.47. The highest BCUT2D eigenvalue weighted by atomic mass is 16.5. The van der Waals surface area contributed by atoms with Crippen LogP contribution in [0, 0.1) is 12.8 Å². The molecule has 0 radical (unpaired) electrons. The molecule has 136 valence electrons. The third-order valence-electron chi connectivity index (χ3n) is 5.84. The molecule has 1 heterocycles. The number of hydrogen-bond acceptors (Lipinski definition) is 2. The Morgan fingerprint density at radius 1 is 1.12 bits per heavy atom. The molecule has 1 N–H and O–H groups in total. The molecule has 4 rings (SSSR count). The molecule has 2 heteroatoms. The second-order valence-corrected chi connectivity index (χ2v) is 8.34. The smallest absolute Gasteiger partial charge is 0.128 e. The lowest BCUT2D eigenvalue weighted by atomic mass is 9.75. The SMILES string of the molecule is Cc1ccc2c(c1)C1=C(CC(CCc3ccccc3)CC1O)OC2(C)C. The number of allylic oxidation sites excluding steroid dienone is 1. The summed E-state index contributed by atoms with van der Waals surface area (Å²) in [5, 5.41) is 10.9. The van der Waals surface area contributed by atoms with Gasteiger partial charge in [-0.15, -0.1) is 0 Å². The minimum atomic E-state index is -0.434. The summed E-state index contributed by atoms with van der Waals surface area (Å²) in [6.07, 6.45) is 3.46. The third kappa shape index (κ3) is 3.19. The summed E-state index contributed by atoms with van der Waals surface area (Å²) in [4.78, 5) is 0. The maximum atomic E-state index is 10.9. The van der Waals surface area contributed by atoms with Crippen LogP contribution in [-0.4, -0.2) is 11.2 Å². The van der Waals surface area contributed by atoms with E-state index in [-0.39, 0.29) is 5.60 Å².